The zero-order valence-electron chi connectivity index (χ0n) is 15.7. The molecule has 4 rings (SSSR count). The smallest absolute Gasteiger partial charge is 0.0178 e. The molecule has 134 valence electrons. The van der Waals surface area contributed by atoms with Crippen LogP contribution in [-0.4, -0.2) is 0 Å². The van der Waals surface area contributed by atoms with Gasteiger partial charge in [-0.05, 0) is 39.4 Å². The molecule has 28 heavy (non-hydrogen) atoms. The van der Waals surface area contributed by atoms with E-state index in [1.54, 1.807) is 0 Å². The maximum absolute atomic E-state index is 2.26. The van der Waals surface area contributed by atoms with E-state index < -0.39 is 0 Å². The summed E-state index contributed by atoms with van der Waals surface area (Å²) in [5, 5.41) is 0. The Balaban J connectivity index is 1.72. The number of hydrogen-bond acceptors (Lipinski definition) is 0. The molecule has 0 saturated carbocycles. The molecule has 0 amide bonds. The topological polar surface area (TPSA) is 0 Å². The van der Waals surface area contributed by atoms with E-state index >= 15 is 0 Å². The van der Waals surface area contributed by atoms with Gasteiger partial charge in [0.05, 0.1) is 0 Å². The Morgan fingerprint density at radius 2 is 0.857 bits per heavy atom. The Morgan fingerprint density at radius 3 is 1.43 bits per heavy atom. The summed E-state index contributed by atoms with van der Waals surface area (Å²) < 4.78 is 0. The summed E-state index contributed by atoms with van der Waals surface area (Å²) in [5.41, 5.74) is 7.27. The van der Waals surface area contributed by atoms with Crippen LogP contribution in [-0.2, 0) is 0 Å². The van der Waals surface area contributed by atoms with Crippen LogP contribution in [0.1, 0.15) is 22.3 Å². The molecule has 4 aromatic rings. The highest BCUT2D eigenvalue weighted by Crippen LogP contribution is 2.25. The van der Waals surface area contributed by atoms with E-state index in [4.69, 9.17) is 0 Å². The molecule has 0 fully saturated rings. The second-order valence-corrected chi connectivity index (χ2v) is 6.70. The van der Waals surface area contributed by atoms with Gasteiger partial charge in [0.15, 0.2) is 0 Å². The van der Waals surface area contributed by atoms with Crippen molar-refractivity contribution < 1.29 is 0 Å². The van der Waals surface area contributed by atoms with Crippen LogP contribution in [0.2, 0.25) is 0 Å². The SMILES string of the molecule is C(=Cc1ccc(-c2ccccc2)cc1C=Cc1ccccc1)c1ccccc1. The molecular weight excluding hydrogens is 336 g/mol. The van der Waals surface area contributed by atoms with E-state index in [0.717, 1.165) is 0 Å². The van der Waals surface area contributed by atoms with E-state index in [-0.39, 0.29) is 0 Å². The van der Waals surface area contributed by atoms with Crippen molar-refractivity contribution in [2.45, 2.75) is 0 Å². The fourth-order valence-corrected chi connectivity index (χ4v) is 3.18. The lowest BCUT2D eigenvalue weighted by molar-refractivity contribution is 1.57. The summed E-state index contributed by atoms with van der Waals surface area (Å²) in [7, 11) is 0. The second-order valence-electron chi connectivity index (χ2n) is 6.70. The zero-order valence-corrected chi connectivity index (χ0v) is 15.7. The van der Waals surface area contributed by atoms with Gasteiger partial charge in [0.25, 0.3) is 0 Å². The first kappa shape index (κ1) is 17.8. The highest BCUT2D eigenvalue weighted by atomic mass is 14.1. The van der Waals surface area contributed by atoms with Crippen LogP contribution in [0.15, 0.2) is 109 Å². The lowest BCUT2D eigenvalue weighted by Crippen LogP contribution is -1.85. The predicted octanol–water partition coefficient (Wildman–Crippen LogP) is 7.69. The van der Waals surface area contributed by atoms with Crippen molar-refractivity contribution in [2.24, 2.45) is 0 Å². The highest BCUT2D eigenvalue weighted by Gasteiger charge is 2.02. The molecule has 0 saturated heterocycles. The summed E-state index contributed by atoms with van der Waals surface area (Å²) in [6.45, 7) is 0. The Kier molecular flexibility index (Phi) is 5.60. The fraction of sp³-hybridized carbons (Fsp3) is 0. The minimum absolute atomic E-state index is 1.20. The molecule has 0 atom stereocenters. The third-order valence-corrected chi connectivity index (χ3v) is 4.70. The minimum atomic E-state index is 1.20. The van der Waals surface area contributed by atoms with Crippen molar-refractivity contribution in [1.29, 1.82) is 0 Å². The molecule has 0 heterocycles. The number of benzene rings is 4. The molecule has 0 spiro atoms. The molecule has 0 aliphatic carbocycles. The van der Waals surface area contributed by atoms with Crippen LogP contribution < -0.4 is 0 Å². The maximum atomic E-state index is 2.26. The first-order valence-corrected chi connectivity index (χ1v) is 9.54. The van der Waals surface area contributed by atoms with Gasteiger partial charge in [0, 0.05) is 0 Å². The van der Waals surface area contributed by atoms with Gasteiger partial charge in [-0.1, -0.05) is 127 Å². The normalized spacial score (nSPS) is 11.3. The summed E-state index contributed by atoms with van der Waals surface area (Å²) in [5.74, 6) is 0. The van der Waals surface area contributed by atoms with Crippen LogP contribution in [0.5, 0.6) is 0 Å². The van der Waals surface area contributed by atoms with E-state index in [1.165, 1.54) is 33.4 Å². The molecule has 0 unspecified atom stereocenters. The molecule has 4 aromatic carbocycles. The van der Waals surface area contributed by atoms with Gasteiger partial charge in [-0.25, -0.2) is 0 Å². The van der Waals surface area contributed by atoms with E-state index in [0.29, 0.717) is 0 Å². The van der Waals surface area contributed by atoms with Crippen LogP contribution in [0.25, 0.3) is 35.4 Å². The molecule has 0 bridgehead atoms. The summed E-state index contributed by atoms with van der Waals surface area (Å²) in [6, 6.07) is 38.0. The maximum Gasteiger partial charge on any atom is -0.0178 e. The second kappa shape index (κ2) is 8.83. The van der Waals surface area contributed by atoms with Crippen molar-refractivity contribution in [3.05, 3.63) is 131 Å². The summed E-state index contributed by atoms with van der Waals surface area (Å²) >= 11 is 0. The van der Waals surface area contributed by atoms with Gasteiger partial charge in [-0.3, -0.25) is 0 Å². The van der Waals surface area contributed by atoms with E-state index in [9.17, 15) is 0 Å². The molecule has 0 heteroatoms. The van der Waals surface area contributed by atoms with Crippen molar-refractivity contribution in [3.63, 3.8) is 0 Å². The van der Waals surface area contributed by atoms with Gasteiger partial charge in [0.1, 0.15) is 0 Å². The quantitative estimate of drug-likeness (QED) is 0.321. The first-order chi connectivity index (χ1) is 13.9. The molecular formula is C28H22. The van der Waals surface area contributed by atoms with E-state index in [1.807, 2.05) is 12.1 Å². The van der Waals surface area contributed by atoms with Crippen molar-refractivity contribution in [3.8, 4) is 11.1 Å². The molecule has 0 aromatic heterocycles. The third-order valence-electron chi connectivity index (χ3n) is 4.70. The predicted molar refractivity (Wildman–Crippen MR) is 123 cm³/mol. The van der Waals surface area contributed by atoms with Crippen LogP contribution >= 0.6 is 0 Å². The average molecular weight is 358 g/mol. The molecule has 0 radical (unpaired) electrons. The highest BCUT2D eigenvalue weighted by molar-refractivity contribution is 5.82. The van der Waals surface area contributed by atoms with Gasteiger partial charge < -0.3 is 0 Å². The summed E-state index contributed by atoms with van der Waals surface area (Å²) in [4.78, 5) is 0. The zero-order chi connectivity index (χ0) is 19.0. The Morgan fingerprint density at radius 1 is 0.357 bits per heavy atom. The average Bonchev–Trinajstić information content (AvgIpc) is 2.78. The third kappa shape index (κ3) is 4.55. The van der Waals surface area contributed by atoms with Crippen molar-refractivity contribution >= 4 is 24.3 Å². The lowest BCUT2D eigenvalue weighted by Gasteiger charge is -2.07. The van der Waals surface area contributed by atoms with Gasteiger partial charge in [0.2, 0.25) is 0 Å². The monoisotopic (exact) mass is 358 g/mol. The largest absolute Gasteiger partial charge is 0.0622 e. The first-order valence-electron chi connectivity index (χ1n) is 9.54. The van der Waals surface area contributed by atoms with Gasteiger partial charge >= 0.3 is 0 Å². The van der Waals surface area contributed by atoms with Gasteiger partial charge in [-0.2, -0.15) is 0 Å². The standard InChI is InChI=1S/C28H22/c1-4-10-23(11-5-1)16-18-26-20-21-28(25-14-8-3-9-15-25)22-27(26)19-17-24-12-6-2-7-13-24/h1-22H. The Hall–Kier alpha value is -3.64. The molecule has 0 N–H and O–H groups in total. The van der Waals surface area contributed by atoms with Crippen LogP contribution in [0, 0.1) is 0 Å². The fourth-order valence-electron chi connectivity index (χ4n) is 3.18. The van der Waals surface area contributed by atoms with Crippen LogP contribution in [0.4, 0.5) is 0 Å². The Bertz CT molecular complexity index is 1070. The molecule has 0 nitrogen and oxygen atoms in total. The van der Waals surface area contributed by atoms with Crippen molar-refractivity contribution in [2.75, 3.05) is 0 Å². The van der Waals surface area contributed by atoms with Gasteiger partial charge in [-0.15, -0.1) is 0 Å². The molecule has 0 aliphatic heterocycles. The lowest BCUT2D eigenvalue weighted by atomic mass is 9.97. The Labute approximate surface area is 167 Å². The molecule has 0 aliphatic rings. The van der Waals surface area contributed by atoms with Crippen molar-refractivity contribution in [1.82, 2.24) is 0 Å². The van der Waals surface area contributed by atoms with E-state index in [2.05, 4.69) is 121 Å². The number of rotatable bonds is 5. The van der Waals surface area contributed by atoms with Crippen LogP contribution in [0.3, 0.4) is 0 Å². The summed E-state index contributed by atoms with van der Waals surface area (Å²) in [6.07, 6.45) is 8.72. The minimum Gasteiger partial charge on any atom is -0.0622 e. The number of hydrogen-bond donors (Lipinski definition) is 0.